The number of carboxylic acid groups (broad SMARTS) is 1. The molecule has 0 saturated carbocycles. The lowest BCUT2D eigenvalue weighted by molar-refractivity contribution is -0.136. The molecular weight excluding hydrogens is 282 g/mol. The first-order valence-corrected chi connectivity index (χ1v) is 6.44. The average molecular weight is 300 g/mol. The lowest BCUT2D eigenvalue weighted by atomic mass is 10.1. The van der Waals surface area contributed by atoms with Crippen molar-refractivity contribution >= 4 is 17.7 Å². The number of aliphatic carboxylic acids is 1. The third-order valence-electron chi connectivity index (χ3n) is 2.92. The number of hydrogen-bond acceptors (Lipinski definition) is 2. The molecule has 116 valence electrons. The van der Waals surface area contributed by atoms with Gasteiger partial charge in [0, 0.05) is 19.0 Å². The number of rotatable bonds is 6. The molecule has 2 amide bonds. The van der Waals surface area contributed by atoms with Crippen molar-refractivity contribution in [1.29, 1.82) is 0 Å². The van der Waals surface area contributed by atoms with E-state index in [4.69, 9.17) is 5.11 Å². The number of anilines is 1. The maximum atomic E-state index is 13.0. The van der Waals surface area contributed by atoms with Gasteiger partial charge in [0.1, 0.15) is 0 Å². The Morgan fingerprint density at radius 2 is 2.05 bits per heavy atom. The van der Waals surface area contributed by atoms with E-state index < -0.39 is 24.0 Å². The first kappa shape index (κ1) is 16.9. The van der Waals surface area contributed by atoms with Gasteiger partial charge in [-0.2, -0.15) is 0 Å². The van der Waals surface area contributed by atoms with Crippen molar-refractivity contribution in [1.82, 2.24) is 5.32 Å². The first-order chi connectivity index (χ1) is 9.68. The van der Waals surface area contributed by atoms with Crippen LogP contribution in [0.3, 0.4) is 0 Å². The highest BCUT2D eigenvalue weighted by Gasteiger charge is 2.31. The minimum absolute atomic E-state index is 0.0191. The van der Waals surface area contributed by atoms with Crippen molar-refractivity contribution in [3.05, 3.63) is 29.8 Å². The molecule has 0 radical (unpaired) electrons. The summed E-state index contributed by atoms with van der Waals surface area (Å²) in [5.74, 6) is -3.93. The summed E-state index contributed by atoms with van der Waals surface area (Å²) in [4.78, 5) is 22.1. The van der Waals surface area contributed by atoms with E-state index in [0.29, 0.717) is 12.1 Å². The van der Waals surface area contributed by atoms with Gasteiger partial charge < -0.3 is 15.7 Å². The molecular formula is C14H18F2N2O3. The Balaban J connectivity index is 2.60. The molecule has 1 aromatic rings. The third-order valence-corrected chi connectivity index (χ3v) is 2.92. The Bertz CT molecular complexity index is 515. The van der Waals surface area contributed by atoms with Gasteiger partial charge in [-0.05, 0) is 31.0 Å². The molecule has 1 atom stereocenters. The fourth-order valence-corrected chi connectivity index (χ4v) is 1.55. The number of aryl methyl sites for hydroxylation is 1. The van der Waals surface area contributed by atoms with E-state index in [1.165, 1.54) is 6.92 Å². The second kappa shape index (κ2) is 7.01. The van der Waals surface area contributed by atoms with Gasteiger partial charge in [-0.15, -0.1) is 0 Å². The summed E-state index contributed by atoms with van der Waals surface area (Å²) in [6.45, 7) is 1.94. The highest BCUT2D eigenvalue weighted by atomic mass is 19.3. The number of nitrogens with one attached hydrogen (secondary N) is 2. The molecule has 0 aromatic heterocycles. The Morgan fingerprint density at radius 1 is 1.38 bits per heavy atom. The standard InChI is InChI=1S/C14H18F2N2O3/c1-9(14(2,15)16)17-13(21)18-11-5-3-4-10(8-11)6-7-12(19)20/h3-5,8-9H,6-7H2,1-2H3,(H,19,20)(H2,17,18,21). The highest BCUT2D eigenvalue weighted by Crippen LogP contribution is 2.17. The molecule has 3 N–H and O–H groups in total. The van der Waals surface area contributed by atoms with E-state index in [1.807, 2.05) is 0 Å². The number of carboxylic acids is 1. The fourth-order valence-electron chi connectivity index (χ4n) is 1.55. The summed E-state index contributed by atoms with van der Waals surface area (Å²) < 4.78 is 25.9. The molecule has 0 heterocycles. The molecule has 1 aromatic carbocycles. The number of halogens is 2. The summed E-state index contributed by atoms with van der Waals surface area (Å²) in [6.07, 6.45) is 0.310. The van der Waals surface area contributed by atoms with Crippen LogP contribution in [0.15, 0.2) is 24.3 Å². The average Bonchev–Trinajstić information content (AvgIpc) is 2.35. The number of carbonyl (C=O) groups excluding carboxylic acids is 1. The van der Waals surface area contributed by atoms with Crippen LogP contribution in [0.1, 0.15) is 25.8 Å². The lowest BCUT2D eigenvalue weighted by Crippen LogP contribution is -2.45. The Labute approximate surface area is 121 Å². The number of urea groups is 1. The second-order valence-corrected chi connectivity index (χ2v) is 4.87. The summed E-state index contributed by atoms with van der Waals surface area (Å²) in [5, 5.41) is 13.2. The van der Waals surface area contributed by atoms with Crippen molar-refractivity contribution in [2.45, 2.75) is 38.7 Å². The summed E-state index contributed by atoms with van der Waals surface area (Å²) in [5.41, 5.74) is 1.16. The van der Waals surface area contributed by atoms with Crippen molar-refractivity contribution in [2.24, 2.45) is 0 Å². The van der Waals surface area contributed by atoms with E-state index in [1.54, 1.807) is 24.3 Å². The number of alkyl halides is 2. The van der Waals surface area contributed by atoms with E-state index in [-0.39, 0.29) is 6.42 Å². The van der Waals surface area contributed by atoms with Crippen LogP contribution < -0.4 is 10.6 Å². The van der Waals surface area contributed by atoms with Crippen LogP contribution in [0.5, 0.6) is 0 Å². The van der Waals surface area contributed by atoms with Gasteiger partial charge in [0.15, 0.2) is 0 Å². The first-order valence-electron chi connectivity index (χ1n) is 6.44. The van der Waals surface area contributed by atoms with Crippen molar-refractivity contribution < 1.29 is 23.5 Å². The minimum Gasteiger partial charge on any atom is -0.481 e. The molecule has 7 heteroatoms. The topological polar surface area (TPSA) is 78.4 Å². The smallest absolute Gasteiger partial charge is 0.319 e. The van der Waals surface area contributed by atoms with E-state index in [2.05, 4.69) is 10.6 Å². The maximum Gasteiger partial charge on any atom is 0.319 e. The van der Waals surface area contributed by atoms with Gasteiger partial charge in [0.2, 0.25) is 0 Å². The molecule has 0 saturated heterocycles. The van der Waals surface area contributed by atoms with Crippen LogP contribution in [0, 0.1) is 0 Å². The van der Waals surface area contributed by atoms with E-state index in [9.17, 15) is 18.4 Å². The summed E-state index contributed by atoms with van der Waals surface area (Å²) >= 11 is 0. The maximum absolute atomic E-state index is 13.0. The van der Waals surface area contributed by atoms with E-state index in [0.717, 1.165) is 12.5 Å². The number of amides is 2. The van der Waals surface area contributed by atoms with Crippen molar-refractivity contribution in [2.75, 3.05) is 5.32 Å². The zero-order chi connectivity index (χ0) is 16.0. The van der Waals surface area contributed by atoms with Crippen LogP contribution in [-0.2, 0) is 11.2 Å². The van der Waals surface area contributed by atoms with Crippen LogP contribution in [0.25, 0.3) is 0 Å². The van der Waals surface area contributed by atoms with Crippen LogP contribution in [0.2, 0.25) is 0 Å². The van der Waals surface area contributed by atoms with Gasteiger partial charge in [-0.3, -0.25) is 4.79 Å². The molecule has 5 nitrogen and oxygen atoms in total. The van der Waals surface area contributed by atoms with Gasteiger partial charge >= 0.3 is 12.0 Å². The second-order valence-electron chi connectivity index (χ2n) is 4.87. The summed E-state index contributed by atoms with van der Waals surface area (Å²) in [7, 11) is 0. The molecule has 1 unspecified atom stereocenters. The van der Waals surface area contributed by atoms with Crippen LogP contribution >= 0.6 is 0 Å². The van der Waals surface area contributed by atoms with Crippen molar-refractivity contribution in [3.8, 4) is 0 Å². The number of benzene rings is 1. The monoisotopic (exact) mass is 300 g/mol. The Kier molecular flexibility index (Phi) is 5.63. The highest BCUT2D eigenvalue weighted by molar-refractivity contribution is 5.89. The normalized spacial score (nSPS) is 12.6. The van der Waals surface area contributed by atoms with Crippen LogP contribution in [0.4, 0.5) is 19.3 Å². The molecule has 0 fully saturated rings. The Hall–Kier alpha value is -2.18. The van der Waals surface area contributed by atoms with Gasteiger partial charge in [0.05, 0.1) is 6.04 Å². The van der Waals surface area contributed by atoms with Gasteiger partial charge in [-0.25, -0.2) is 13.6 Å². The molecule has 1 rings (SSSR count). The molecule has 0 spiro atoms. The number of hydrogen-bond donors (Lipinski definition) is 3. The SMILES string of the molecule is CC(NC(=O)Nc1cccc(CCC(=O)O)c1)C(C)(F)F. The molecule has 0 aliphatic heterocycles. The number of carbonyl (C=O) groups is 2. The minimum atomic E-state index is -3.01. The van der Waals surface area contributed by atoms with Crippen LogP contribution in [-0.4, -0.2) is 29.1 Å². The zero-order valence-corrected chi connectivity index (χ0v) is 11.8. The van der Waals surface area contributed by atoms with E-state index >= 15 is 0 Å². The van der Waals surface area contributed by atoms with Crippen molar-refractivity contribution in [3.63, 3.8) is 0 Å². The predicted molar refractivity (Wildman–Crippen MR) is 74.6 cm³/mol. The fraction of sp³-hybridized carbons (Fsp3) is 0.429. The molecule has 0 bridgehead atoms. The molecule has 0 aliphatic carbocycles. The lowest BCUT2D eigenvalue weighted by Gasteiger charge is -2.20. The summed E-state index contributed by atoms with van der Waals surface area (Å²) in [6, 6.07) is 4.56. The Morgan fingerprint density at radius 3 is 2.62 bits per heavy atom. The predicted octanol–water partition coefficient (Wildman–Crippen LogP) is 2.87. The van der Waals surface area contributed by atoms with Gasteiger partial charge in [0.25, 0.3) is 5.92 Å². The molecule has 0 aliphatic rings. The largest absolute Gasteiger partial charge is 0.481 e. The van der Waals surface area contributed by atoms with Gasteiger partial charge in [-0.1, -0.05) is 12.1 Å². The molecule has 21 heavy (non-hydrogen) atoms. The quantitative estimate of drug-likeness (QED) is 0.756. The zero-order valence-electron chi connectivity index (χ0n) is 11.8. The third kappa shape index (κ3) is 6.20.